The second kappa shape index (κ2) is 7.20. The van der Waals surface area contributed by atoms with Crippen LogP contribution in [0.25, 0.3) is 6.08 Å². The minimum Gasteiger partial charge on any atom is -0.311 e. The second-order valence-electron chi connectivity index (χ2n) is 4.23. The molecule has 0 bridgehead atoms. The summed E-state index contributed by atoms with van der Waals surface area (Å²) in [5.41, 5.74) is 2.48. The molecule has 0 heterocycles. The van der Waals surface area contributed by atoms with E-state index in [2.05, 4.69) is 48.1 Å². The van der Waals surface area contributed by atoms with Gasteiger partial charge in [-0.3, -0.25) is 0 Å². The van der Waals surface area contributed by atoms with E-state index in [-0.39, 0.29) is 0 Å². The van der Waals surface area contributed by atoms with E-state index in [9.17, 15) is 0 Å². The topological polar surface area (TPSA) is 12.0 Å². The first-order chi connectivity index (χ1) is 8.04. The van der Waals surface area contributed by atoms with Gasteiger partial charge in [-0.25, -0.2) is 0 Å². The SMILES string of the molecule is CCCNC(C)/C(C)=C/c1ccc(Cl)cc1Br. The van der Waals surface area contributed by atoms with E-state index in [1.54, 1.807) is 0 Å². The predicted octanol–water partition coefficient (Wildman–Crippen LogP) is 4.89. The maximum Gasteiger partial charge on any atom is 0.0417 e. The Kier molecular flexibility index (Phi) is 6.24. The average molecular weight is 317 g/mol. The molecule has 0 amide bonds. The molecule has 1 aromatic carbocycles. The van der Waals surface area contributed by atoms with Crippen molar-refractivity contribution < 1.29 is 0 Å². The number of hydrogen-bond donors (Lipinski definition) is 1. The Hall–Kier alpha value is -0.310. The lowest BCUT2D eigenvalue weighted by Gasteiger charge is -2.14. The first-order valence-electron chi connectivity index (χ1n) is 5.91. The fraction of sp³-hybridized carbons (Fsp3) is 0.429. The van der Waals surface area contributed by atoms with E-state index in [0.717, 1.165) is 28.0 Å². The molecule has 0 saturated heterocycles. The van der Waals surface area contributed by atoms with Gasteiger partial charge in [0.25, 0.3) is 0 Å². The van der Waals surface area contributed by atoms with E-state index >= 15 is 0 Å². The summed E-state index contributed by atoms with van der Waals surface area (Å²) in [5, 5.41) is 4.23. The molecule has 3 heteroatoms. The molecule has 0 spiro atoms. The van der Waals surface area contributed by atoms with Crippen LogP contribution in [0.5, 0.6) is 0 Å². The summed E-state index contributed by atoms with van der Waals surface area (Å²) in [5.74, 6) is 0. The zero-order chi connectivity index (χ0) is 12.8. The van der Waals surface area contributed by atoms with Gasteiger partial charge in [-0.15, -0.1) is 0 Å². The van der Waals surface area contributed by atoms with Crippen molar-refractivity contribution >= 4 is 33.6 Å². The van der Waals surface area contributed by atoms with Gasteiger partial charge in [0, 0.05) is 15.5 Å². The highest BCUT2D eigenvalue weighted by Crippen LogP contribution is 2.24. The van der Waals surface area contributed by atoms with Gasteiger partial charge >= 0.3 is 0 Å². The molecule has 1 rings (SSSR count). The Morgan fingerprint density at radius 3 is 2.82 bits per heavy atom. The molecule has 1 atom stereocenters. The third-order valence-corrected chi connectivity index (χ3v) is 3.65. The molecular formula is C14H19BrClN. The fourth-order valence-electron chi connectivity index (χ4n) is 1.51. The van der Waals surface area contributed by atoms with Crippen LogP contribution in [0.1, 0.15) is 32.8 Å². The third-order valence-electron chi connectivity index (χ3n) is 2.73. The maximum atomic E-state index is 5.92. The van der Waals surface area contributed by atoms with E-state index in [0.29, 0.717) is 6.04 Å². The van der Waals surface area contributed by atoms with Gasteiger partial charge in [0.05, 0.1) is 0 Å². The van der Waals surface area contributed by atoms with Crippen LogP contribution in [-0.2, 0) is 0 Å². The molecule has 1 N–H and O–H groups in total. The molecule has 0 aliphatic carbocycles. The molecule has 0 aliphatic heterocycles. The van der Waals surface area contributed by atoms with Gasteiger partial charge < -0.3 is 5.32 Å². The summed E-state index contributed by atoms with van der Waals surface area (Å²) in [4.78, 5) is 0. The van der Waals surface area contributed by atoms with Gasteiger partial charge in [-0.1, -0.05) is 52.2 Å². The molecule has 0 radical (unpaired) electrons. The van der Waals surface area contributed by atoms with Crippen molar-refractivity contribution in [3.8, 4) is 0 Å². The van der Waals surface area contributed by atoms with Gasteiger partial charge in [-0.05, 0) is 44.5 Å². The van der Waals surface area contributed by atoms with Crippen LogP contribution in [0.4, 0.5) is 0 Å². The Labute approximate surface area is 117 Å². The molecule has 1 unspecified atom stereocenters. The van der Waals surface area contributed by atoms with Crippen LogP contribution in [-0.4, -0.2) is 12.6 Å². The lowest BCUT2D eigenvalue weighted by molar-refractivity contribution is 0.604. The molecular weight excluding hydrogens is 298 g/mol. The van der Waals surface area contributed by atoms with Crippen LogP contribution in [0, 0.1) is 0 Å². The molecule has 17 heavy (non-hydrogen) atoms. The van der Waals surface area contributed by atoms with Crippen molar-refractivity contribution in [2.24, 2.45) is 0 Å². The number of rotatable bonds is 5. The Balaban J connectivity index is 2.79. The summed E-state index contributed by atoms with van der Waals surface area (Å²) in [7, 11) is 0. The number of nitrogens with one attached hydrogen (secondary N) is 1. The molecule has 0 fully saturated rings. The highest BCUT2D eigenvalue weighted by Gasteiger charge is 2.04. The van der Waals surface area contributed by atoms with Gasteiger partial charge in [0.1, 0.15) is 0 Å². The maximum absolute atomic E-state index is 5.92. The van der Waals surface area contributed by atoms with Gasteiger partial charge in [-0.2, -0.15) is 0 Å². The normalized spacial score (nSPS) is 13.8. The number of benzene rings is 1. The molecule has 0 aliphatic rings. The Morgan fingerprint density at radius 2 is 2.24 bits per heavy atom. The third kappa shape index (κ3) is 4.82. The minimum absolute atomic E-state index is 0.400. The van der Waals surface area contributed by atoms with Crippen molar-refractivity contribution in [2.45, 2.75) is 33.2 Å². The zero-order valence-corrected chi connectivity index (χ0v) is 12.9. The minimum atomic E-state index is 0.400. The van der Waals surface area contributed by atoms with Crippen molar-refractivity contribution in [1.29, 1.82) is 0 Å². The summed E-state index contributed by atoms with van der Waals surface area (Å²) >= 11 is 9.45. The lowest BCUT2D eigenvalue weighted by atomic mass is 10.1. The van der Waals surface area contributed by atoms with Crippen LogP contribution < -0.4 is 5.32 Å². The van der Waals surface area contributed by atoms with Gasteiger partial charge in [0.2, 0.25) is 0 Å². The van der Waals surface area contributed by atoms with Crippen LogP contribution >= 0.6 is 27.5 Å². The molecule has 1 nitrogen and oxygen atoms in total. The van der Waals surface area contributed by atoms with Crippen LogP contribution in [0.3, 0.4) is 0 Å². The zero-order valence-electron chi connectivity index (χ0n) is 10.6. The van der Waals surface area contributed by atoms with Crippen LogP contribution in [0.15, 0.2) is 28.2 Å². The predicted molar refractivity (Wildman–Crippen MR) is 80.6 cm³/mol. The van der Waals surface area contributed by atoms with Crippen LogP contribution in [0.2, 0.25) is 5.02 Å². The van der Waals surface area contributed by atoms with Crippen molar-refractivity contribution in [2.75, 3.05) is 6.54 Å². The van der Waals surface area contributed by atoms with Gasteiger partial charge in [0.15, 0.2) is 0 Å². The summed E-state index contributed by atoms with van der Waals surface area (Å²) in [6.07, 6.45) is 3.34. The first-order valence-corrected chi connectivity index (χ1v) is 7.08. The molecule has 0 aromatic heterocycles. The highest BCUT2D eigenvalue weighted by molar-refractivity contribution is 9.10. The number of hydrogen-bond acceptors (Lipinski definition) is 1. The van der Waals surface area contributed by atoms with E-state index in [1.165, 1.54) is 5.57 Å². The standard InChI is InChI=1S/C14H19BrClN/c1-4-7-17-11(3)10(2)8-12-5-6-13(16)9-14(12)15/h5-6,8-9,11,17H,4,7H2,1-3H3/b10-8+. The summed E-state index contributed by atoms with van der Waals surface area (Å²) < 4.78 is 1.03. The Morgan fingerprint density at radius 1 is 1.53 bits per heavy atom. The van der Waals surface area contributed by atoms with E-state index < -0.39 is 0 Å². The molecule has 1 aromatic rings. The summed E-state index contributed by atoms with van der Waals surface area (Å²) in [6, 6.07) is 6.26. The average Bonchev–Trinajstić information content (AvgIpc) is 2.29. The molecule has 0 saturated carbocycles. The van der Waals surface area contributed by atoms with Crippen molar-refractivity contribution in [1.82, 2.24) is 5.32 Å². The Bertz CT molecular complexity index is 401. The monoisotopic (exact) mass is 315 g/mol. The lowest BCUT2D eigenvalue weighted by Crippen LogP contribution is -2.27. The smallest absolute Gasteiger partial charge is 0.0417 e. The molecule has 94 valence electrons. The quantitative estimate of drug-likeness (QED) is 0.815. The second-order valence-corrected chi connectivity index (χ2v) is 5.52. The number of halogens is 2. The summed E-state index contributed by atoms with van der Waals surface area (Å²) in [6.45, 7) is 7.56. The van der Waals surface area contributed by atoms with Crippen molar-refractivity contribution in [3.63, 3.8) is 0 Å². The highest BCUT2D eigenvalue weighted by atomic mass is 79.9. The van der Waals surface area contributed by atoms with E-state index in [1.807, 2.05) is 18.2 Å². The fourth-order valence-corrected chi connectivity index (χ4v) is 2.31. The largest absolute Gasteiger partial charge is 0.311 e. The van der Waals surface area contributed by atoms with Crippen molar-refractivity contribution in [3.05, 3.63) is 38.8 Å². The first kappa shape index (κ1) is 14.7. The van der Waals surface area contributed by atoms with E-state index in [4.69, 9.17) is 11.6 Å².